The van der Waals surface area contributed by atoms with Crippen LogP contribution >= 0.6 is 0 Å². The third kappa shape index (κ3) is 2.84. The summed E-state index contributed by atoms with van der Waals surface area (Å²) >= 11 is 0. The number of hydrogen-bond acceptors (Lipinski definition) is 4. The number of para-hydroxylation sites is 1. The highest BCUT2D eigenvalue weighted by molar-refractivity contribution is 5.98. The van der Waals surface area contributed by atoms with Crippen molar-refractivity contribution < 1.29 is 14.3 Å². The number of nitro benzene ring substituents is 1. The third-order valence-electron chi connectivity index (χ3n) is 2.75. The first-order chi connectivity index (χ1) is 9.61. The molecule has 0 atom stereocenters. The predicted molar refractivity (Wildman–Crippen MR) is 68.8 cm³/mol. The van der Waals surface area contributed by atoms with Crippen molar-refractivity contribution >= 4 is 11.5 Å². The molecule has 0 saturated heterocycles. The van der Waals surface area contributed by atoms with Crippen LogP contribution in [0.3, 0.4) is 0 Å². The largest absolute Gasteiger partial charge is 0.287 e. The van der Waals surface area contributed by atoms with E-state index in [1.165, 1.54) is 18.2 Å². The number of carbonyl (C=O) groups is 1. The molecule has 6 nitrogen and oxygen atoms in total. The molecule has 6 heteroatoms. The van der Waals surface area contributed by atoms with Gasteiger partial charge >= 0.3 is 0 Å². The number of nitrogens with zero attached hydrogens (tertiary/aromatic N) is 3. The van der Waals surface area contributed by atoms with Crippen LogP contribution in [-0.4, -0.2) is 10.7 Å². The predicted octanol–water partition coefficient (Wildman–Crippen LogP) is 1.64. The Morgan fingerprint density at radius 2 is 1.90 bits per heavy atom. The van der Waals surface area contributed by atoms with Gasteiger partial charge in [0, 0.05) is 18.2 Å². The maximum atomic E-state index is 12.1. The van der Waals surface area contributed by atoms with Crippen molar-refractivity contribution in [1.82, 2.24) is 0 Å². The van der Waals surface area contributed by atoms with Crippen LogP contribution in [0.4, 0.5) is 5.69 Å². The maximum absolute atomic E-state index is 12.1. The Morgan fingerprint density at radius 3 is 2.50 bits per heavy atom. The normalized spacial score (nSPS) is 9.75. The molecule has 1 aromatic heterocycles. The van der Waals surface area contributed by atoms with Crippen LogP contribution in [-0.2, 0) is 6.54 Å². The van der Waals surface area contributed by atoms with Crippen molar-refractivity contribution in [3.05, 3.63) is 70.0 Å². The molecule has 0 aliphatic carbocycles. The first-order valence-electron chi connectivity index (χ1n) is 5.77. The standard InChI is InChI=1S/C14H10N3O3/c15-9-11-5-7-16(8-6-11)10-14(18)12-3-1-2-4-13(12)17(19)20/h1-8H,10H2/q+1. The molecule has 0 spiro atoms. The van der Waals surface area contributed by atoms with Crippen LogP contribution in [0.15, 0.2) is 48.8 Å². The molecular weight excluding hydrogens is 258 g/mol. The highest BCUT2D eigenvalue weighted by atomic mass is 16.6. The number of ketones is 1. The van der Waals surface area contributed by atoms with E-state index in [0.717, 1.165) is 0 Å². The van der Waals surface area contributed by atoms with E-state index >= 15 is 0 Å². The van der Waals surface area contributed by atoms with Gasteiger partial charge in [0.05, 0.1) is 16.6 Å². The second-order valence-corrected chi connectivity index (χ2v) is 4.07. The van der Waals surface area contributed by atoms with Gasteiger partial charge in [0.25, 0.3) is 5.69 Å². The van der Waals surface area contributed by atoms with Gasteiger partial charge < -0.3 is 0 Å². The summed E-state index contributed by atoms with van der Waals surface area (Å²) in [4.78, 5) is 22.4. The highest BCUT2D eigenvalue weighted by Crippen LogP contribution is 2.18. The van der Waals surface area contributed by atoms with Gasteiger partial charge in [0.2, 0.25) is 12.3 Å². The first kappa shape index (κ1) is 13.4. The van der Waals surface area contributed by atoms with Crippen molar-refractivity contribution in [2.75, 3.05) is 0 Å². The average Bonchev–Trinajstić information content (AvgIpc) is 2.48. The van der Waals surface area contributed by atoms with Gasteiger partial charge in [-0.25, -0.2) is 0 Å². The number of carbonyl (C=O) groups excluding carboxylic acids is 1. The lowest BCUT2D eigenvalue weighted by Crippen LogP contribution is -2.37. The van der Waals surface area contributed by atoms with E-state index in [1.54, 1.807) is 35.2 Å². The van der Waals surface area contributed by atoms with Crippen LogP contribution < -0.4 is 4.57 Å². The van der Waals surface area contributed by atoms with Crippen molar-refractivity contribution in [3.8, 4) is 6.07 Å². The topological polar surface area (TPSA) is 87.9 Å². The lowest BCUT2D eigenvalue weighted by Gasteiger charge is -2.00. The second kappa shape index (κ2) is 5.71. The first-order valence-corrected chi connectivity index (χ1v) is 5.77. The number of Topliss-reactive ketones (excluding diaryl/α,β-unsaturated/α-hetero) is 1. The van der Waals surface area contributed by atoms with E-state index in [-0.39, 0.29) is 23.6 Å². The number of nitriles is 1. The van der Waals surface area contributed by atoms with E-state index in [0.29, 0.717) is 5.56 Å². The molecule has 0 unspecified atom stereocenters. The summed E-state index contributed by atoms with van der Waals surface area (Å²) in [6.07, 6.45) is 3.18. The maximum Gasteiger partial charge on any atom is 0.280 e. The van der Waals surface area contributed by atoms with E-state index < -0.39 is 4.92 Å². The molecule has 1 aromatic carbocycles. The van der Waals surface area contributed by atoms with Crippen molar-refractivity contribution in [2.24, 2.45) is 0 Å². The van der Waals surface area contributed by atoms with E-state index in [1.807, 2.05) is 6.07 Å². The van der Waals surface area contributed by atoms with Gasteiger partial charge in [0.15, 0.2) is 12.4 Å². The minimum Gasteiger partial charge on any atom is -0.287 e. The lowest BCUT2D eigenvalue weighted by molar-refractivity contribution is -0.683. The fraction of sp³-hybridized carbons (Fsp3) is 0.0714. The molecule has 0 aliphatic rings. The fourth-order valence-electron chi connectivity index (χ4n) is 1.76. The van der Waals surface area contributed by atoms with Crippen molar-refractivity contribution in [1.29, 1.82) is 5.26 Å². The number of pyridine rings is 1. The molecule has 0 saturated carbocycles. The molecule has 0 bridgehead atoms. The van der Waals surface area contributed by atoms with E-state index in [4.69, 9.17) is 5.26 Å². The van der Waals surface area contributed by atoms with Crippen molar-refractivity contribution in [2.45, 2.75) is 6.54 Å². The Kier molecular flexibility index (Phi) is 3.82. The Hall–Kier alpha value is -3.07. The fourth-order valence-corrected chi connectivity index (χ4v) is 1.76. The quantitative estimate of drug-likeness (QED) is 0.365. The molecule has 98 valence electrons. The summed E-state index contributed by atoms with van der Waals surface area (Å²) in [6, 6.07) is 11.0. The molecule has 20 heavy (non-hydrogen) atoms. The Morgan fingerprint density at radius 1 is 1.25 bits per heavy atom. The molecular formula is C14H10N3O3+. The van der Waals surface area contributed by atoms with Crippen LogP contribution in [0, 0.1) is 21.4 Å². The second-order valence-electron chi connectivity index (χ2n) is 4.07. The summed E-state index contributed by atoms with van der Waals surface area (Å²) < 4.78 is 1.57. The molecule has 2 aromatic rings. The van der Waals surface area contributed by atoms with Crippen LogP contribution in [0.25, 0.3) is 0 Å². The summed E-state index contributed by atoms with van der Waals surface area (Å²) in [7, 11) is 0. The SMILES string of the molecule is N#Cc1cc[n+](CC(=O)c2ccccc2[N+](=O)[O-])cc1. The lowest BCUT2D eigenvalue weighted by atomic mass is 10.1. The van der Waals surface area contributed by atoms with E-state index in [2.05, 4.69) is 0 Å². The van der Waals surface area contributed by atoms with Crippen molar-refractivity contribution in [3.63, 3.8) is 0 Å². The third-order valence-corrected chi connectivity index (χ3v) is 2.75. The minimum absolute atomic E-state index is 0.0173. The molecule has 0 aliphatic heterocycles. The number of aromatic nitrogens is 1. The van der Waals surface area contributed by atoms with Gasteiger partial charge in [-0.05, 0) is 6.07 Å². The molecule has 0 radical (unpaired) electrons. The summed E-state index contributed by atoms with van der Waals surface area (Å²) in [5.74, 6) is -0.355. The van der Waals surface area contributed by atoms with Gasteiger partial charge in [0.1, 0.15) is 5.56 Å². The molecule has 1 heterocycles. The Bertz CT molecular complexity index is 702. The number of hydrogen-bond donors (Lipinski definition) is 0. The molecule has 0 fully saturated rings. The van der Waals surface area contributed by atoms with Gasteiger partial charge in [-0.3, -0.25) is 14.9 Å². The molecule has 0 amide bonds. The summed E-state index contributed by atoms with van der Waals surface area (Å²) in [5.41, 5.74) is 0.362. The summed E-state index contributed by atoms with van der Waals surface area (Å²) in [5, 5.41) is 19.6. The highest BCUT2D eigenvalue weighted by Gasteiger charge is 2.21. The zero-order valence-electron chi connectivity index (χ0n) is 10.4. The zero-order valence-corrected chi connectivity index (χ0v) is 10.4. The van der Waals surface area contributed by atoms with E-state index in [9.17, 15) is 14.9 Å². The number of rotatable bonds is 4. The monoisotopic (exact) mass is 268 g/mol. The van der Waals surface area contributed by atoms with Gasteiger partial charge in [-0.1, -0.05) is 12.1 Å². The smallest absolute Gasteiger partial charge is 0.280 e. The molecule has 2 rings (SSSR count). The number of nitro groups is 1. The summed E-state index contributed by atoms with van der Waals surface area (Å²) in [6.45, 7) is -0.0173. The number of benzene rings is 1. The van der Waals surface area contributed by atoms with Crippen LogP contribution in [0.2, 0.25) is 0 Å². The Balaban J connectivity index is 2.24. The van der Waals surface area contributed by atoms with Crippen LogP contribution in [0.5, 0.6) is 0 Å². The minimum atomic E-state index is -0.573. The zero-order chi connectivity index (χ0) is 14.5. The van der Waals surface area contributed by atoms with Gasteiger partial charge in [-0.15, -0.1) is 0 Å². The van der Waals surface area contributed by atoms with Gasteiger partial charge in [-0.2, -0.15) is 9.83 Å². The average molecular weight is 268 g/mol. The Labute approximate surface area is 114 Å². The van der Waals surface area contributed by atoms with Crippen LogP contribution in [0.1, 0.15) is 15.9 Å². The molecule has 0 N–H and O–H groups in total.